The van der Waals surface area contributed by atoms with Crippen LogP contribution in [0.25, 0.3) is 0 Å². The zero-order valence-corrected chi connectivity index (χ0v) is 14.6. The number of H-pyrrole nitrogens is 1. The molecule has 0 bridgehead atoms. The fourth-order valence-electron chi connectivity index (χ4n) is 2.41. The van der Waals surface area contributed by atoms with Gasteiger partial charge >= 0.3 is 7.12 Å². The first kappa shape index (κ1) is 17.4. The van der Waals surface area contributed by atoms with Crippen LogP contribution in [0.3, 0.4) is 0 Å². The van der Waals surface area contributed by atoms with Gasteiger partial charge in [0.1, 0.15) is 5.69 Å². The molecule has 1 saturated heterocycles. The van der Waals surface area contributed by atoms with E-state index in [4.69, 9.17) is 9.31 Å². The molecule has 2 heterocycles. The number of nitrogens with zero attached hydrogens (tertiary/aromatic N) is 1. The van der Waals surface area contributed by atoms with E-state index in [9.17, 15) is 9.59 Å². The summed E-state index contributed by atoms with van der Waals surface area (Å²) in [5.74, 6) is -0.415. The van der Waals surface area contributed by atoms with Gasteiger partial charge in [0.05, 0.1) is 11.2 Å². The van der Waals surface area contributed by atoms with Gasteiger partial charge in [-0.3, -0.25) is 9.59 Å². The number of rotatable bonds is 3. The van der Waals surface area contributed by atoms with E-state index in [1.54, 1.807) is 12.1 Å². The number of aromatic nitrogens is 2. The molecule has 1 aromatic heterocycles. The van der Waals surface area contributed by atoms with Crippen molar-refractivity contribution in [3.05, 3.63) is 52.4 Å². The van der Waals surface area contributed by atoms with Crippen LogP contribution in [0, 0.1) is 0 Å². The number of aromatic amines is 1. The number of hydrogen-bond acceptors (Lipinski definition) is 5. The Kier molecular flexibility index (Phi) is 4.26. The Bertz CT molecular complexity index is 826. The number of amides is 1. The van der Waals surface area contributed by atoms with Crippen LogP contribution in [0.4, 0.5) is 5.69 Å². The molecule has 0 aliphatic carbocycles. The topological polar surface area (TPSA) is 93.3 Å². The molecular weight excluding hydrogens is 321 g/mol. The van der Waals surface area contributed by atoms with Crippen LogP contribution in [-0.2, 0) is 9.31 Å². The lowest BCUT2D eigenvalue weighted by Crippen LogP contribution is -2.41. The SMILES string of the molecule is CC1(C)OB(c2cccc(NC(=O)c3ccc(=O)[nH]n3)c2)OC1(C)C. The Hall–Kier alpha value is -2.45. The Balaban J connectivity index is 1.77. The van der Waals surface area contributed by atoms with Crippen LogP contribution in [-0.4, -0.2) is 34.4 Å². The summed E-state index contributed by atoms with van der Waals surface area (Å²) in [6, 6.07) is 9.88. The summed E-state index contributed by atoms with van der Waals surface area (Å²) in [4.78, 5) is 23.2. The Morgan fingerprint density at radius 1 is 1.12 bits per heavy atom. The van der Waals surface area contributed by atoms with Crippen LogP contribution in [0.1, 0.15) is 38.2 Å². The average molecular weight is 341 g/mol. The lowest BCUT2D eigenvalue weighted by molar-refractivity contribution is 0.00578. The standard InChI is InChI=1S/C17H20BN3O4/c1-16(2)17(3,4)25-18(24-16)11-6-5-7-12(10-11)19-15(23)13-8-9-14(22)21-20-13/h5-10H,1-4H3,(H,19,23)(H,21,22). The number of anilines is 1. The minimum absolute atomic E-state index is 0.126. The summed E-state index contributed by atoms with van der Waals surface area (Å²) >= 11 is 0. The predicted octanol–water partition coefficient (Wildman–Crippen LogP) is 1.32. The third-order valence-electron chi connectivity index (χ3n) is 4.58. The molecule has 1 aromatic carbocycles. The van der Waals surface area contributed by atoms with Crippen molar-refractivity contribution in [2.75, 3.05) is 5.32 Å². The van der Waals surface area contributed by atoms with Gasteiger partial charge in [0.2, 0.25) is 0 Å². The van der Waals surface area contributed by atoms with E-state index in [1.165, 1.54) is 12.1 Å². The molecule has 0 spiro atoms. The minimum atomic E-state index is -0.506. The molecule has 1 amide bonds. The van der Waals surface area contributed by atoms with Crippen LogP contribution in [0.15, 0.2) is 41.2 Å². The summed E-state index contributed by atoms with van der Waals surface area (Å²) in [6.07, 6.45) is 0. The number of carbonyl (C=O) groups is 1. The molecule has 2 N–H and O–H groups in total. The maximum absolute atomic E-state index is 12.2. The average Bonchev–Trinajstić information content (AvgIpc) is 2.76. The van der Waals surface area contributed by atoms with Crippen molar-refractivity contribution in [1.82, 2.24) is 10.2 Å². The highest BCUT2D eigenvalue weighted by atomic mass is 16.7. The van der Waals surface area contributed by atoms with Gasteiger partial charge in [-0.2, -0.15) is 5.10 Å². The highest BCUT2D eigenvalue weighted by Gasteiger charge is 2.51. The fourth-order valence-corrected chi connectivity index (χ4v) is 2.41. The van der Waals surface area contributed by atoms with Crippen molar-refractivity contribution < 1.29 is 14.1 Å². The largest absolute Gasteiger partial charge is 0.494 e. The van der Waals surface area contributed by atoms with Gasteiger partial charge < -0.3 is 14.6 Å². The summed E-state index contributed by atoms with van der Waals surface area (Å²) in [7, 11) is -0.506. The van der Waals surface area contributed by atoms with E-state index in [1.807, 2.05) is 39.8 Å². The van der Waals surface area contributed by atoms with Gasteiger partial charge in [-0.15, -0.1) is 0 Å². The second-order valence-electron chi connectivity index (χ2n) is 6.97. The van der Waals surface area contributed by atoms with Gasteiger partial charge in [-0.1, -0.05) is 12.1 Å². The van der Waals surface area contributed by atoms with Crippen LogP contribution < -0.4 is 16.3 Å². The van der Waals surface area contributed by atoms with E-state index < -0.39 is 24.2 Å². The Morgan fingerprint density at radius 2 is 1.80 bits per heavy atom. The highest BCUT2D eigenvalue weighted by Crippen LogP contribution is 2.36. The van der Waals surface area contributed by atoms with Crippen LogP contribution in [0.2, 0.25) is 0 Å². The summed E-state index contributed by atoms with van der Waals surface area (Å²) < 4.78 is 12.0. The summed E-state index contributed by atoms with van der Waals surface area (Å²) in [5.41, 5.74) is 0.295. The molecule has 0 atom stereocenters. The van der Waals surface area contributed by atoms with Gasteiger partial charge in [0, 0.05) is 11.8 Å². The first-order chi connectivity index (χ1) is 11.7. The van der Waals surface area contributed by atoms with E-state index in [2.05, 4.69) is 15.5 Å². The first-order valence-corrected chi connectivity index (χ1v) is 8.01. The molecule has 1 fully saturated rings. The lowest BCUT2D eigenvalue weighted by atomic mass is 9.79. The first-order valence-electron chi connectivity index (χ1n) is 8.01. The van der Waals surface area contributed by atoms with Crippen molar-refractivity contribution in [1.29, 1.82) is 0 Å². The van der Waals surface area contributed by atoms with Crippen molar-refractivity contribution in [3.8, 4) is 0 Å². The quantitative estimate of drug-likeness (QED) is 0.822. The molecule has 3 rings (SSSR count). The summed E-state index contributed by atoms with van der Waals surface area (Å²) in [5, 5.41) is 8.70. The number of hydrogen-bond donors (Lipinski definition) is 2. The number of nitrogens with one attached hydrogen (secondary N) is 2. The monoisotopic (exact) mass is 341 g/mol. The molecule has 1 aliphatic rings. The van der Waals surface area contributed by atoms with Crippen molar-refractivity contribution in [2.45, 2.75) is 38.9 Å². The molecule has 8 heteroatoms. The second kappa shape index (κ2) is 6.13. The van der Waals surface area contributed by atoms with Gasteiger partial charge in [0.25, 0.3) is 11.5 Å². The molecule has 7 nitrogen and oxygen atoms in total. The fraction of sp³-hybridized carbons (Fsp3) is 0.353. The molecule has 0 saturated carbocycles. The zero-order chi connectivity index (χ0) is 18.2. The molecule has 0 radical (unpaired) electrons. The third kappa shape index (κ3) is 3.50. The summed E-state index contributed by atoms with van der Waals surface area (Å²) in [6.45, 7) is 7.95. The van der Waals surface area contributed by atoms with Gasteiger partial charge in [-0.05, 0) is 51.4 Å². The highest BCUT2D eigenvalue weighted by molar-refractivity contribution is 6.62. The third-order valence-corrected chi connectivity index (χ3v) is 4.58. The predicted molar refractivity (Wildman–Crippen MR) is 95.0 cm³/mol. The zero-order valence-electron chi connectivity index (χ0n) is 14.6. The maximum atomic E-state index is 12.2. The van der Waals surface area contributed by atoms with Gasteiger partial charge in [0.15, 0.2) is 0 Å². The van der Waals surface area contributed by atoms with E-state index in [0.29, 0.717) is 5.69 Å². The van der Waals surface area contributed by atoms with Crippen molar-refractivity contribution in [3.63, 3.8) is 0 Å². The molecular formula is C17H20BN3O4. The van der Waals surface area contributed by atoms with Crippen LogP contribution >= 0.6 is 0 Å². The maximum Gasteiger partial charge on any atom is 0.494 e. The van der Waals surface area contributed by atoms with Gasteiger partial charge in [-0.25, -0.2) is 5.10 Å². The minimum Gasteiger partial charge on any atom is -0.399 e. The molecule has 25 heavy (non-hydrogen) atoms. The molecule has 0 unspecified atom stereocenters. The van der Waals surface area contributed by atoms with E-state index in [0.717, 1.165) is 5.46 Å². The molecule has 1 aliphatic heterocycles. The van der Waals surface area contributed by atoms with Crippen LogP contribution in [0.5, 0.6) is 0 Å². The van der Waals surface area contributed by atoms with Crippen molar-refractivity contribution in [2.24, 2.45) is 0 Å². The second-order valence-corrected chi connectivity index (χ2v) is 6.97. The van der Waals surface area contributed by atoms with E-state index >= 15 is 0 Å². The number of carbonyl (C=O) groups excluding carboxylic acids is 1. The normalized spacial score (nSPS) is 18.2. The van der Waals surface area contributed by atoms with Crippen molar-refractivity contribution >= 4 is 24.2 Å². The lowest BCUT2D eigenvalue weighted by Gasteiger charge is -2.32. The molecule has 2 aromatic rings. The number of benzene rings is 1. The van der Waals surface area contributed by atoms with E-state index in [-0.39, 0.29) is 11.3 Å². The Labute approximate surface area is 145 Å². The Morgan fingerprint density at radius 3 is 2.40 bits per heavy atom. The molecule has 130 valence electrons. The smallest absolute Gasteiger partial charge is 0.399 e.